The molecule has 0 saturated carbocycles. The van der Waals surface area contributed by atoms with Crippen LogP contribution in [0.15, 0.2) is 30.3 Å². The number of nitrogens with one attached hydrogen (secondary N) is 2. The molecule has 5 heteroatoms. The Morgan fingerprint density at radius 2 is 2.10 bits per heavy atom. The van der Waals surface area contributed by atoms with E-state index in [0.717, 1.165) is 12.0 Å². The highest BCUT2D eigenvalue weighted by molar-refractivity contribution is 5.89. The molecule has 1 aliphatic rings. The number of hydrogen-bond acceptors (Lipinski definition) is 3. The summed E-state index contributed by atoms with van der Waals surface area (Å²) >= 11 is 0. The average molecular weight is 275 g/mol. The van der Waals surface area contributed by atoms with Crippen molar-refractivity contribution in [3.8, 4) is 0 Å². The zero-order valence-electron chi connectivity index (χ0n) is 11.6. The summed E-state index contributed by atoms with van der Waals surface area (Å²) in [6.07, 6.45) is 1.57. The number of amides is 2. The third kappa shape index (κ3) is 3.36. The van der Waals surface area contributed by atoms with Crippen LogP contribution in [-0.2, 0) is 9.59 Å². The van der Waals surface area contributed by atoms with Crippen molar-refractivity contribution in [3.05, 3.63) is 35.9 Å². The van der Waals surface area contributed by atoms with Gasteiger partial charge in [0.25, 0.3) is 0 Å². The van der Waals surface area contributed by atoms with Gasteiger partial charge in [-0.15, -0.1) is 0 Å². The van der Waals surface area contributed by atoms with Gasteiger partial charge in [0, 0.05) is 12.6 Å². The van der Waals surface area contributed by atoms with Crippen molar-refractivity contribution in [2.45, 2.75) is 31.8 Å². The van der Waals surface area contributed by atoms with E-state index in [0.29, 0.717) is 13.0 Å². The summed E-state index contributed by atoms with van der Waals surface area (Å²) in [6, 6.07) is 8.71. The molecular formula is C15H21N3O2. The summed E-state index contributed by atoms with van der Waals surface area (Å²) in [6.45, 7) is 2.47. The maximum atomic E-state index is 12.2. The highest BCUT2D eigenvalue weighted by Gasteiger charge is 2.28. The van der Waals surface area contributed by atoms with E-state index >= 15 is 0 Å². The summed E-state index contributed by atoms with van der Waals surface area (Å²) in [5, 5.41) is 5.54. The van der Waals surface area contributed by atoms with Crippen molar-refractivity contribution in [3.63, 3.8) is 0 Å². The van der Waals surface area contributed by atoms with Gasteiger partial charge in [-0.25, -0.2) is 0 Å². The molecule has 1 aromatic rings. The van der Waals surface area contributed by atoms with E-state index in [1.54, 1.807) is 6.92 Å². The van der Waals surface area contributed by atoms with Gasteiger partial charge in [-0.2, -0.15) is 0 Å². The van der Waals surface area contributed by atoms with Crippen molar-refractivity contribution < 1.29 is 9.59 Å². The molecule has 20 heavy (non-hydrogen) atoms. The van der Waals surface area contributed by atoms with E-state index in [1.807, 2.05) is 30.3 Å². The molecule has 5 nitrogen and oxygen atoms in total. The number of benzene rings is 1. The van der Waals surface area contributed by atoms with Crippen LogP contribution >= 0.6 is 0 Å². The summed E-state index contributed by atoms with van der Waals surface area (Å²) in [4.78, 5) is 23.8. The topological polar surface area (TPSA) is 84.2 Å². The Morgan fingerprint density at radius 3 is 2.75 bits per heavy atom. The van der Waals surface area contributed by atoms with Crippen molar-refractivity contribution in [1.82, 2.24) is 10.6 Å². The lowest BCUT2D eigenvalue weighted by Crippen LogP contribution is -2.52. The highest BCUT2D eigenvalue weighted by atomic mass is 16.2. The summed E-state index contributed by atoms with van der Waals surface area (Å²) in [7, 11) is 0. The molecule has 1 heterocycles. The second-order valence-electron chi connectivity index (χ2n) is 5.22. The molecule has 2 rings (SSSR count). The molecular weight excluding hydrogens is 254 g/mol. The molecule has 1 saturated heterocycles. The van der Waals surface area contributed by atoms with Gasteiger partial charge in [0.15, 0.2) is 0 Å². The summed E-state index contributed by atoms with van der Waals surface area (Å²) in [5.74, 6) is -0.666. The molecule has 3 atom stereocenters. The van der Waals surface area contributed by atoms with E-state index in [9.17, 15) is 9.59 Å². The molecule has 2 amide bonds. The Bertz CT molecular complexity index is 475. The third-order valence-corrected chi connectivity index (χ3v) is 3.74. The Morgan fingerprint density at radius 1 is 1.40 bits per heavy atom. The van der Waals surface area contributed by atoms with Gasteiger partial charge in [0.2, 0.25) is 11.8 Å². The van der Waals surface area contributed by atoms with Crippen molar-refractivity contribution in [1.29, 1.82) is 0 Å². The van der Waals surface area contributed by atoms with Crippen LogP contribution in [0.2, 0.25) is 0 Å². The smallest absolute Gasteiger partial charge is 0.242 e. The van der Waals surface area contributed by atoms with Gasteiger partial charge in [-0.05, 0) is 18.4 Å². The molecule has 1 aromatic carbocycles. The largest absolute Gasteiger partial charge is 0.354 e. The van der Waals surface area contributed by atoms with Crippen LogP contribution in [0.1, 0.15) is 31.4 Å². The summed E-state index contributed by atoms with van der Waals surface area (Å²) in [5.41, 5.74) is 7.04. The van der Waals surface area contributed by atoms with Crippen LogP contribution in [0.25, 0.3) is 0 Å². The van der Waals surface area contributed by atoms with E-state index < -0.39 is 6.04 Å². The van der Waals surface area contributed by atoms with Gasteiger partial charge in [0.1, 0.15) is 6.04 Å². The molecule has 0 spiro atoms. The Kier molecular flexibility index (Phi) is 4.74. The van der Waals surface area contributed by atoms with Gasteiger partial charge in [-0.1, -0.05) is 37.3 Å². The molecule has 0 bridgehead atoms. The quantitative estimate of drug-likeness (QED) is 0.757. The monoisotopic (exact) mass is 275 g/mol. The zero-order valence-corrected chi connectivity index (χ0v) is 11.6. The Balaban J connectivity index is 1.96. The minimum absolute atomic E-state index is 0.106. The van der Waals surface area contributed by atoms with Crippen LogP contribution in [0.5, 0.6) is 0 Å². The molecule has 1 aliphatic heterocycles. The van der Waals surface area contributed by atoms with Gasteiger partial charge >= 0.3 is 0 Å². The van der Waals surface area contributed by atoms with E-state index in [2.05, 4.69) is 10.6 Å². The molecule has 4 N–H and O–H groups in total. The molecule has 0 aliphatic carbocycles. The summed E-state index contributed by atoms with van der Waals surface area (Å²) < 4.78 is 0. The molecule has 108 valence electrons. The van der Waals surface area contributed by atoms with Crippen molar-refractivity contribution >= 4 is 11.8 Å². The van der Waals surface area contributed by atoms with E-state index in [1.165, 1.54) is 0 Å². The fourth-order valence-electron chi connectivity index (χ4n) is 2.34. The van der Waals surface area contributed by atoms with Gasteiger partial charge in [0.05, 0.1) is 5.92 Å². The lowest BCUT2D eigenvalue weighted by Gasteiger charge is -2.26. The van der Waals surface area contributed by atoms with Gasteiger partial charge in [-0.3, -0.25) is 9.59 Å². The average Bonchev–Trinajstić information content (AvgIpc) is 2.49. The number of carbonyl (C=O) groups is 2. The standard InChI is InChI=1S/C15H21N3O2/c1-10(13(16)11-6-3-2-4-7-11)14(19)18-12-8-5-9-17-15(12)20/h2-4,6-7,10,12-13H,5,8-9,16H2,1H3,(H,17,20)(H,18,19). The molecule has 0 aromatic heterocycles. The second kappa shape index (κ2) is 6.52. The first-order valence-electron chi connectivity index (χ1n) is 6.98. The zero-order chi connectivity index (χ0) is 14.5. The Hall–Kier alpha value is -1.88. The predicted octanol–water partition coefficient (Wildman–Crippen LogP) is 0.717. The Labute approximate surface area is 118 Å². The van der Waals surface area contributed by atoms with E-state index in [-0.39, 0.29) is 23.8 Å². The van der Waals surface area contributed by atoms with Crippen molar-refractivity contribution in [2.75, 3.05) is 6.54 Å². The molecule has 1 fully saturated rings. The lowest BCUT2D eigenvalue weighted by molar-refractivity contribution is -0.132. The minimum Gasteiger partial charge on any atom is -0.354 e. The second-order valence-corrected chi connectivity index (χ2v) is 5.22. The number of rotatable bonds is 4. The molecule has 0 radical (unpaired) electrons. The van der Waals surface area contributed by atoms with Gasteiger partial charge < -0.3 is 16.4 Å². The number of nitrogens with two attached hydrogens (primary N) is 1. The SMILES string of the molecule is CC(C(=O)NC1CCCNC1=O)C(N)c1ccccc1. The fraction of sp³-hybridized carbons (Fsp3) is 0.467. The normalized spacial score (nSPS) is 21.7. The van der Waals surface area contributed by atoms with Crippen LogP contribution in [-0.4, -0.2) is 24.4 Å². The van der Waals surface area contributed by atoms with Crippen LogP contribution < -0.4 is 16.4 Å². The number of carbonyl (C=O) groups excluding carboxylic acids is 2. The maximum Gasteiger partial charge on any atom is 0.242 e. The minimum atomic E-state index is -0.429. The van der Waals surface area contributed by atoms with Crippen LogP contribution in [0, 0.1) is 5.92 Å². The number of piperidine rings is 1. The fourth-order valence-corrected chi connectivity index (χ4v) is 2.34. The van der Waals surface area contributed by atoms with Crippen LogP contribution in [0.4, 0.5) is 0 Å². The predicted molar refractivity (Wildman–Crippen MR) is 76.7 cm³/mol. The first-order valence-corrected chi connectivity index (χ1v) is 6.98. The maximum absolute atomic E-state index is 12.2. The van der Waals surface area contributed by atoms with Crippen molar-refractivity contribution in [2.24, 2.45) is 11.7 Å². The number of hydrogen-bond donors (Lipinski definition) is 3. The molecule has 3 unspecified atom stereocenters. The van der Waals surface area contributed by atoms with E-state index in [4.69, 9.17) is 5.73 Å². The highest BCUT2D eigenvalue weighted by Crippen LogP contribution is 2.19. The van der Waals surface area contributed by atoms with Crippen LogP contribution in [0.3, 0.4) is 0 Å². The third-order valence-electron chi connectivity index (χ3n) is 3.74. The first kappa shape index (κ1) is 14.5. The first-order chi connectivity index (χ1) is 9.59. The lowest BCUT2D eigenvalue weighted by atomic mass is 9.94.